The van der Waals surface area contributed by atoms with Gasteiger partial charge in [0.25, 0.3) is 0 Å². The first-order valence-electron chi connectivity index (χ1n) is 5.74. The van der Waals surface area contributed by atoms with E-state index in [0.717, 1.165) is 0 Å². The van der Waals surface area contributed by atoms with Gasteiger partial charge < -0.3 is 5.11 Å². The van der Waals surface area contributed by atoms with Crippen molar-refractivity contribution in [2.45, 2.75) is 31.3 Å². The third-order valence-corrected chi connectivity index (χ3v) is 4.02. The molecule has 18 heavy (non-hydrogen) atoms. The Morgan fingerprint density at radius 1 is 1.39 bits per heavy atom. The summed E-state index contributed by atoms with van der Waals surface area (Å²) in [5, 5.41) is 9.99. The van der Waals surface area contributed by atoms with Crippen LogP contribution >= 0.6 is 11.6 Å². The fourth-order valence-electron chi connectivity index (χ4n) is 1.55. The molecule has 0 aromatic heterocycles. The molecule has 1 aromatic carbocycles. The van der Waals surface area contributed by atoms with Gasteiger partial charge in [0.1, 0.15) is 0 Å². The van der Waals surface area contributed by atoms with Crippen LogP contribution in [0.15, 0.2) is 29.2 Å². The van der Waals surface area contributed by atoms with Crippen molar-refractivity contribution in [3.63, 3.8) is 0 Å². The molecule has 0 spiro atoms. The molecule has 1 rings (SSSR count). The highest BCUT2D eigenvalue weighted by Crippen LogP contribution is 2.15. The summed E-state index contributed by atoms with van der Waals surface area (Å²) in [4.78, 5) is 0.103. The first-order chi connectivity index (χ1) is 8.31. The largest absolute Gasteiger partial charge is 0.392 e. The number of aliphatic hydroxyl groups excluding tert-OH is 1. The van der Waals surface area contributed by atoms with Crippen molar-refractivity contribution in [1.29, 1.82) is 0 Å². The number of halogens is 1. The van der Waals surface area contributed by atoms with Gasteiger partial charge in [-0.15, -0.1) is 0 Å². The highest BCUT2D eigenvalue weighted by atomic mass is 35.5. The average Bonchev–Trinajstić information content (AvgIpc) is 2.26. The molecule has 0 aliphatic heterocycles. The number of nitrogens with one attached hydrogen (secondary N) is 1. The van der Waals surface area contributed by atoms with E-state index in [1.807, 2.05) is 13.8 Å². The highest BCUT2D eigenvalue weighted by molar-refractivity contribution is 7.89. The summed E-state index contributed by atoms with van der Waals surface area (Å²) in [6, 6.07) is 6.01. The lowest BCUT2D eigenvalue weighted by atomic mass is 10.1. The molecular formula is C12H18ClNO3S. The standard InChI is InChI=1S/C12H18ClNO3S/c1-9(2)6-11(15)8-14-18(16,17)12-5-3-4-10(13)7-12/h3-5,7,9,11,14-15H,6,8H2,1-2H3. The molecule has 0 fully saturated rings. The summed E-state index contributed by atoms with van der Waals surface area (Å²) in [5.74, 6) is 0.315. The third-order valence-electron chi connectivity index (χ3n) is 2.36. The van der Waals surface area contributed by atoms with Crippen LogP contribution in [0.2, 0.25) is 5.02 Å². The molecule has 0 bridgehead atoms. The smallest absolute Gasteiger partial charge is 0.240 e. The van der Waals surface area contributed by atoms with Gasteiger partial charge in [0.2, 0.25) is 10.0 Å². The average molecular weight is 292 g/mol. The van der Waals surface area contributed by atoms with Crippen LogP contribution in [0.25, 0.3) is 0 Å². The van der Waals surface area contributed by atoms with Gasteiger partial charge in [-0.1, -0.05) is 31.5 Å². The number of aliphatic hydroxyl groups is 1. The predicted octanol–water partition coefficient (Wildman–Crippen LogP) is 2.03. The van der Waals surface area contributed by atoms with Crippen molar-refractivity contribution in [2.24, 2.45) is 5.92 Å². The van der Waals surface area contributed by atoms with E-state index in [9.17, 15) is 13.5 Å². The van der Waals surface area contributed by atoms with E-state index >= 15 is 0 Å². The van der Waals surface area contributed by atoms with Crippen molar-refractivity contribution in [1.82, 2.24) is 4.72 Å². The molecular weight excluding hydrogens is 274 g/mol. The van der Waals surface area contributed by atoms with E-state index < -0.39 is 16.1 Å². The van der Waals surface area contributed by atoms with Gasteiger partial charge in [-0.3, -0.25) is 0 Å². The first-order valence-corrected chi connectivity index (χ1v) is 7.60. The Morgan fingerprint density at radius 3 is 2.61 bits per heavy atom. The monoisotopic (exact) mass is 291 g/mol. The Bertz CT molecular complexity index is 488. The van der Waals surface area contributed by atoms with E-state index in [4.69, 9.17) is 11.6 Å². The molecule has 0 heterocycles. The topological polar surface area (TPSA) is 66.4 Å². The van der Waals surface area contributed by atoms with Gasteiger partial charge in [-0.25, -0.2) is 13.1 Å². The lowest BCUT2D eigenvalue weighted by Gasteiger charge is -2.14. The molecule has 1 unspecified atom stereocenters. The van der Waals surface area contributed by atoms with E-state index in [-0.39, 0.29) is 11.4 Å². The third kappa shape index (κ3) is 4.94. The van der Waals surface area contributed by atoms with Gasteiger partial charge in [-0.05, 0) is 30.5 Å². The van der Waals surface area contributed by atoms with Crippen LogP contribution in [-0.2, 0) is 10.0 Å². The molecule has 0 aliphatic carbocycles. The van der Waals surface area contributed by atoms with Gasteiger partial charge in [0.15, 0.2) is 0 Å². The van der Waals surface area contributed by atoms with E-state index in [1.165, 1.54) is 12.1 Å². The second-order valence-electron chi connectivity index (χ2n) is 4.59. The Morgan fingerprint density at radius 2 is 2.06 bits per heavy atom. The van der Waals surface area contributed by atoms with Crippen molar-refractivity contribution < 1.29 is 13.5 Å². The van der Waals surface area contributed by atoms with Crippen LogP contribution in [0.5, 0.6) is 0 Å². The van der Waals surface area contributed by atoms with Crippen LogP contribution < -0.4 is 4.72 Å². The minimum Gasteiger partial charge on any atom is -0.392 e. The molecule has 0 saturated carbocycles. The van der Waals surface area contributed by atoms with Crippen molar-refractivity contribution in [3.05, 3.63) is 29.3 Å². The van der Waals surface area contributed by atoms with Crippen molar-refractivity contribution >= 4 is 21.6 Å². The second kappa shape index (κ2) is 6.52. The Balaban J connectivity index is 2.66. The summed E-state index contributed by atoms with van der Waals surface area (Å²) in [5.41, 5.74) is 0. The van der Waals surface area contributed by atoms with E-state index in [2.05, 4.69) is 4.72 Å². The highest BCUT2D eigenvalue weighted by Gasteiger charge is 2.16. The van der Waals surface area contributed by atoms with Gasteiger partial charge in [0.05, 0.1) is 11.0 Å². The lowest BCUT2D eigenvalue weighted by molar-refractivity contribution is 0.152. The van der Waals surface area contributed by atoms with E-state index in [0.29, 0.717) is 17.4 Å². The van der Waals surface area contributed by atoms with Gasteiger partial charge in [0, 0.05) is 11.6 Å². The van der Waals surface area contributed by atoms with Crippen LogP contribution in [0.1, 0.15) is 20.3 Å². The Hall–Kier alpha value is -0.620. The maximum atomic E-state index is 11.9. The normalized spacial score (nSPS) is 13.8. The van der Waals surface area contributed by atoms with Crippen LogP contribution in [0.3, 0.4) is 0 Å². The molecule has 2 N–H and O–H groups in total. The molecule has 0 aliphatic rings. The molecule has 0 amide bonds. The fraction of sp³-hybridized carbons (Fsp3) is 0.500. The minimum absolute atomic E-state index is 0.00697. The minimum atomic E-state index is -3.61. The number of hydrogen-bond donors (Lipinski definition) is 2. The summed E-state index contributed by atoms with van der Waals surface area (Å²) < 4.78 is 26.2. The molecule has 6 heteroatoms. The fourth-order valence-corrected chi connectivity index (χ4v) is 2.92. The van der Waals surface area contributed by atoms with Crippen molar-refractivity contribution in [3.8, 4) is 0 Å². The molecule has 0 radical (unpaired) electrons. The zero-order valence-corrected chi connectivity index (χ0v) is 12.0. The number of benzene rings is 1. The molecule has 102 valence electrons. The lowest BCUT2D eigenvalue weighted by Crippen LogP contribution is -2.32. The van der Waals surface area contributed by atoms with E-state index in [1.54, 1.807) is 12.1 Å². The maximum Gasteiger partial charge on any atom is 0.240 e. The van der Waals surface area contributed by atoms with Gasteiger partial charge in [-0.2, -0.15) is 0 Å². The molecule has 1 atom stereocenters. The predicted molar refractivity (Wildman–Crippen MR) is 72.1 cm³/mol. The number of rotatable bonds is 6. The molecule has 0 saturated heterocycles. The Labute approximate surface area is 113 Å². The summed E-state index contributed by atoms with van der Waals surface area (Å²) in [7, 11) is -3.61. The van der Waals surface area contributed by atoms with Gasteiger partial charge >= 0.3 is 0 Å². The van der Waals surface area contributed by atoms with Crippen LogP contribution in [0, 0.1) is 5.92 Å². The zero-order chi connectivity index (χ0) is 13.8. The second-order valence-corrected chi connectivity index (χ2v) is 6.80. The SMILES string of the molecule is CC(C)CC(O)CNS(=O)(=O)c1cccc(Cl)c1. The maximum absolute atomic E-state index is 11.9. The number of hydrogen-bond acceptors (Lipinski definition) is 3. The zero-order valence-electron chi connectivity index (χ0n) is 10.4. The summed E-state index contributed by atoms with van der Waals surface area (Å²) >= 11 is 5.74. The number of sulfonamides is 1. The summed E-state index contributed by atoms with van der Waals surface area (Å²) in [6.07, 6.45) is -0.128. The quantitative estimate of drug-likeness (QED) is 0.843. The molecule has 4 nitrogen and oxygen atoms in total. The Kier molecular flexibility index (Phi) is 5.59. The van der Waals surface area contributed by atoms with Crippen LogP contribution in [0.4, 0.5) is 0 Å². The molecule has 1 aromatic rings. The van der Waals surface area contributed by atoms with Crippen LogP contribution in [-0.4, -0.2) is 26.2 Å². The first kappa shape index (κ1) is 15.4. The van der Waals surface area contributed by atoms with Crippen molar-refractivity contribution in [2.75, 3.05) is 6.54 Å². The summed E-state index contributed by atoms with van der Waals surface area (Å²) in [6.45, 7) is 3.94.